The molecule has 0 fully saturated rings. The van der Waals surface area contributed by atoms with Crippen molar-refractivity contribution < 1.29 is 17.9 Å². The van der Waals surface area contributed by atoms with Gasteiger partial charge in [-0.05, 0) is 86.0 Å². The Kier molecular flexibility index (Phi) is 8.39. The van der Waals surface area contributed by atoms with Crippen LogP contribution in [0.1, 0.15) is 22.3 Å². The first-order valence-corrected chi connectivity index (χ1v) is 13.9. The third-order valence-electron chi connectivity index (χ3n) is 6.09. The standard InChI is InChI=1S/C30H29ClN2O4S/c1-21-7-17-28(18-8-21)38(35,36)33(19-24-9-11-25(31)12-10-24)26-13-15-27(16-14-26)37-20-29(34)32-30-22(2)5-4-6-23(30)3/h4-18H,19-20H2,1-3H3,(H,32,34). The number of ether oxygens (including phenoxy) is 1. The van der Waals surface area contributed by atoms with Gasteiger partial charge in [-0.2, -0.15) is 0 Å². The maximum atomic E-state index is 13.7. The lowest BCUT2D eigenvalue weighted by molar-refractivity contribution is -0.118. The van der Waals surface area contributed by atoms with Crippen LogP contribution in [0.5, 0.6) is 5.75 Å². The highest BCUT2D eigenvalue weighted by Gasteiger charge is 2.25. The van der Waals surface area contributed by atoms with Crippen LogP contribution in [0.15, 0.2) is 95.9 Å². The number of halogens is 1. The van der Waals surface area contributed by atoms with E-state index >= 15 is 0 Å². The average Bonchev–Trinajstić information content (AvgIpc) is 2.90. The summed E-state index contributed by atoms with van der Waals surface area (Å²) in [6.45, 7) is 5.71. The number of sulfonamides is 1. The Bertz CT molecular complexity index is 1500. The number of amides is 1. The lowest BCUT2D eigenvalue weighted by Crippen LogP contribution is -2.30. The van der Waals surface area contributed by atoms with E-state index < -0.39 is 10.0 Å². The fourth-order valence-electron chi connectivity index (χ4n) is 3.95. The minimum atomic E-state index is -3.87. The van der Waals surface area contributed by atoms with Gasteiger partial charge in [0.2, 0.25) is 0 Å². The maximum absolute atomic E-state index is 13.7. The van der Waals surface area contributed by atoms with Crippen molar-refractivity contribution in [2.45, 2.75) is 32.2 Å². The van der Waals surface area contributed by atoms with Crippen molar-refractivity contribution in [1.29, 1.82) is 0 Å². The van der Waals surface area contributed by atoms with Gasteiger partial charge in [0.1, 0.15) is 5.75 Å². The van der Waals surface area contributed by atoms with Crippen LogP contribution >= 0.6 is 11.6 Å². The molecule has 4 aromatic rings. The summed E-state index contributed by atoms with van der Waals surface area (Å²) in [5.41, 5.74) is 4.94. The Morgan fingerprint density at radius 3 is 2.05 bits per heavy atom. The Morgan fingerprint density at radius 1 is 0.842 bits per heavy atom. The van der Waals surface area contributed by atoms with Gasteiger partial charge in [0.15, 0.2) is 6.61 Å². The van der Waals surface area contributed by atoms with Crippen LogP contribution in [0.2, 0.25) is 5.02 Å². The van der Waals surface area contributed by atoms with E-state index in [0.29, 0.717) is 16.5 Å². The van der Waals surface area contributed by atoms with Crippen molar-refractivity contribution in [3.05, 3.63) is 118 Å². The minimum Gasteiger partial charge on any atom is -0.484 e. The molecule has 0 aliphatic heterocycles. The van der Waals surface area contributed by atoms with Crippen LogP contribution in [0, 0.1) is 20.8 Å². The molecule has 4 aromatic carbocycles. The van der Waals surface area contributed by atoms with Gasteiger partial charge >= 0.3 is 0 Å². The smallest absolute Gasteiger partial charge is 0.264 e. The molecular weight excluding hydrogens is 520 g/mol. The van der Waals surface area contributed by atoms with Crippen LogP contribution in [-0.4, -0.2) is 20.9 Å². The summed E-state index contributed by atoms with van der Waals surface area (Å²) in [4.78, 5) is 12.7. The minimum absolute atomic E-state index is 0.117. The predicted octanol–water partition coefficient (Wildman–Crippen LogP) is 6.68. The molecule has 0 atom stereocenters. The molecule has 8 heteroatoms. The monoisotopic (exact) mass is 548 g/mol. The number of hydrogen-bond acceptors (Lipinski definition) is 4. The summed E-state index contributed by atoms with van der Waals surface area (Å²) in [5, 5.41) is 3.46. The van der Waals surface area contributed by atoms with E-state index in [0.717, 1.165) is 27.9 Å². The van der Waals surface area contributed by atoms with E-state index in [2.05, 4.69) is 5.32 Å². The van der Waals surface area contributed by atoms with Gasteiger partial charge in [-0.15, -0.1) is 0 Å². The van der Waals surface area contributed by atoms with Gasteiger partial charge in [0, 0.05) is 10.7 Å². The zero-order valence-electron chi connectivity index (χ0n) is 21.4. The first-order valence-electron chi connectivity index (χ1n) is 12.1. The molecule has 0 heterocycles. The molecule has 0 spiro atoms. The summed E-state index contributed by atoms with van der Waals surface area (Å²) in [6.07, 6.45) is 0. The van der Waals surface area contributed by atoms with Crippen molar-refractivity contribution in [1.82, 2.24) is 0 Å². The fraction of sp³-hybridized carbons (Fsp3) is 0.167. The third kappa shape index (κ3) is 6.54. The summed E-state index contributed by atoms with van der Waals surface area (Å²) < 4.78 is 34.3. The third-order valence-corrected chi connectivity index (χ3v) is 8.13. The largest absolute Gasteiger partial charge is 0.484 e. The molecular formula is C30H29ClN2O4S. The van der Waals surface area contributed by atoms with Crippen molar-refractivity contribution in [3.63, 3.8) is 0 Å². The van der Waals surface area contributed by atoms with Crippen molar-refractivity contribution >= 4 is 38.9 Å². The first-order chi connectivity index (χ1) is 18.1. The van der Waals surface area contributed by atoms with Crippen molar-refractivity contribution in [3.8, 4) is 5.75 Å². The second-order valence-electron chi connectivity index (χ2n) is 9.05. The number of carbonyl (C=O) groups excluding carboxylic acids is 1. The lowest BCUT2D eigenvalue weighted by Gasteiger charge is -2.25. The molecule has 4 rings (SSSR count). The van der Waals surface area contributed by atoms with Crippen molar-refractivity contribution in [2.24, 2.45) is 0 Å². The quantitative estimate of drug-likeness (QED) is 0.253. The fourth-order valence-corrected chi connectivity index (χ4v) is 5.53. The zero-order valence-corrected chi connectivity index (χ0v) is 23.0. The molecule has 1 N–H and O–H groups in total. The van der Waals surface area contributed by atoms with Crippen LogP contribution in [0.4, 0.5) is 11.4 Å². The molecule has 0 radical (unpaired) electrons. The van der Waals surface area contributed by atoms with Gasteiger partial charge in [0.05, 0.1) is 17.1 Å². The number of para-hydroxylation sites is 1. The number of carbonyl (C=O) groups is 1. The Labute approximate surface area is 228 Å². The molecule has 38 heavy (non-hydrogen) atoms. The van der Waals surface area contributed by atoms with Gasteiger partial charge in [0.25, 0.3) is 15.9 Å². The predicted molar refractivity (Wildman–Crippen MR) is 152 cm³/mol. The van der Waals surface area contributed by atoms with Crippen LogP contribution in [-0.2, 0) is 21.4 Å². The Balaban J connectivity index is 1.53. The van der Waals surface area contributed by atoms with E-state index in [1.165, 1.54) is 4.31 Å². The number of hydrogen-bond donors (Lipinski definition) is 1. The summed E-state index contributed by atoms with van der Waals surface area (Å²) in [6, 6.07) is 26.3. The van der Waals surface area contributed by atoms with Crippen LogP contribution in [0.25, 0.3) is 0 Å². The number of nitrogens with one attached hydrogen (secondary N) is 1. The summed E-state index contributed by atoms with van der Waals surface area (Å²) in [7, 11) is -3.87. The first kappa shape index (κ1) is 27.2. The topological polar surface area (TPSA) is 75.7 Å². The van der Waals surface area contributed by atoms with E-state index in [-0.39, 0.29) is 24.0 Å². The average molecular weight is 549 g/mol. The highest BCUT2D eigenvalue weighted by molar-refractivity contribution is 7.92. The number of aryl methyl sites for hydroxylation is 3. The van der Waals surface area contributed by atoms with Crippen LogP contribution < -0.4 is 14.4 Å². The molecule has 0 saturated heterocycles. The van der Waals surface area contributed by atoms with Crippen LogP contribution in [0.3, 0.4) is 0 Å². The number of benzene rings is 4. The summed E-state index contributed by atoms with van der Waals surface area (Å²) in [5.74, 6) is 0.169. The van der Waals surface area contributed by atoms with Gasteiger partial charge in [-0.1, -0.05) is 59.6 Å². The lowest BCUT2D eigenvalue weighted by atomic mass is 10.1. The molecule has 0 aliphatic carbocycles. The second-order valence-corrected chi connectivity index (χ2v) is 11.3. The number of nitrogens with zero attached hydrogens (tertiary/aromatic N) is 1. The number of rotatable bonds is 9. The van der Waals surface area contributed by atoms with Gasteiger partial charge in [-0.25, -0.2) is 8.42 Å². The van der Waals surface area contributed by atoms with Gasteiger partial charge < -0.3 is 10.1 Å². The molecule has 0 unspecified atom stereocenters. The molecule has 0 saturated carbocycles. The van der Waals surface area contributed by atoms with Gasteiger partial charge in [-0.3, -0.25) is 9.10 Å². The highest BCUT2D eigenvalue weighted by atomic mass is 35.5. The molecule has 0 aromatic heterocycles. The highest BCUT2D eigenvalue weighted by Crippen LogP contribution is 2.28. The zero-order chi connectivity index (χ0) is 27.3. The second kappa shape index (κ2) is 11.7. The molecule has 0 bridgehead atoms. The SMILES string of the molecule is Cc1ccc(S(=O)(=O)N(Cc2ccc(Cl)cc2)c2ccc(OCC(=O)Nc3c(C)cccc3C)cc2)cc1. The molecule has 1 amide bonds. The van der Waals surface area contributed by atoms with E-state index in [1.54, 1.807) is 72.8 Å². The number of anilines is 2. The Hall–Kier alpha value is -3.81. The molecule has 0 aliphatic rings. The maximum Gasteiger partial charge on any atom is 0.264 e. The van der Waals surface area contributed by atoms with E-state index in [9.17, 15) is 13.2 Å². The molecule has 196 valence electrons. The summed E-state index contributed by atoms with van der Waals surface area (Å²) >= 11 is 6.02. The Morgan fingerprint density at radius 2 is 1.45 bits per heavy atom. The van der Waals surface area contributed by atoms with Crippen molar-refractivity contribution in [2.75, 3.05) is 16.2 Å². The van der Waals surface area contributed by atoms with E-state index in [4.69, 9.17) is 16.3 Å². The molecule has 6 nitrogen and oxygen atoms in total. The van der Waals surface area contributed by atoms with E-state index in [1.807, 2.05) is 39.0 Å². The normalized spacial score (nSPS) is 11.2.